The lowest BCUT2D eigenvalue weighted by atomic mass is 9.96. The predicted molar refractivity (Wildman–Crippen MR) is 130 cm³/mol. The van der Waals surface area contributed by atoms with Crippen LogP contribution in [0.3, 0.4) is 0 Å². The Morgan fingerprint density at radius 2 is 1.58 bits per heavy atom. The zero-order valence-corrected chi connectivity index (χ0v) is 20.3. The Balaban J connectivity index is 1.36. The van der Waals surface area contributed by atoms with E-state index in [2.05, 4.69) is 29.6 Å². The number of benzene rings is 1. The second-order valence-corrected chi connectivity index (χ2v) is 9.94. The molecule has 7 nitrogen and oxygen atoms in total. The number of amides is 3. The SMILES string of the molecule is CC(C)c1c(C(=O)N2CCC(NC(=O)NC3CCCCC3)CC2)cnn1-c1ccc(Cl)cc1. The van der Waals surface area contributed by atoms with Crippen LogP contribution in [0.2, 0.25) is 5.02 Å². The van der Waals surface area contributed by atoms with E-state index in [1.165, 1.54) is 19.3 Å². The van der Waals surface area contributed by atoms with Crippen LogP contribution in [0.25, 0.3) is 5.69 Å². The van der Waals surface area contributed by atoms with E-state index < -0.39 is 0 Å². The Hall–Kier alpha value is -2.54. The number of likely N-dealkylation sites (tertiary alicyclic amines) is 1. The Morgan fingerprint density at radius 3 is 2.18 bits per heavy atom. The number of urea groups is 1. The lowest BCUT2D eigenvalue weighted by Crippen LogP contribution is -2.51. The minimum Gasteiger partial charge on any atom is -0.338 e. The molecular formula is C25H34ClN5O2. The summed E-state index contributed by atoms with van der Waals surface area (Å²) in [6.07, 6.45) is 8.98. The number of nitrogens with zero attached hydrogens (tertiary/aromatic N) is 3. The van der Waals surface area contributed by atoms with Crippen LogP contribution in [-0.2, 0) is 0 Å². The van der Waals surface area contributed by atoms with Crippen molar-refractivity contribution in [2.24, 2.45) is 0 Å². The van der Waals surface area contributed by atoms with E-state index in [-0.39, 0.29) is 23.9 Å². The second-order valence-electron chi connectivity index (χ2n) is 9.51. The minimum absolute atomic E-state index is 0.00372. The van der Waals surface area contributed by atoms with E-state index in [9.17, 15) is 9.59 Å². The summed E-state index contributed by atoms with van der Waals surface area (Å²) in [6.45, 7) is 5.39. The number of rotatable bonds is 5. The zero-order chi connectivity index (χ0) is 23.4. The van der Waals surface area contributed by atoms with Crippen molar-refractivity contribution in [2.75, 3.05) is 13.1 Å². The summed E-state index contributed by atoms with van der Waals surface area (Å²) in [5.74, 6) is 0.133. The molecule has 1 aliphatic carbocycles. The first-order valence-corrected chi connectivity index (χ1v) is 12.5. The molecule has 1 saturated heterocycles. The molecule has 2 fully saturated rings. The number of nitrogens with one attached hydrogen (secondary N) is 2. The van der Waals surface area contributed by atoms with Gasteiger partial charge in [0.05, 0.1) is 23.1 Å². The van der Waals surface area contributed by atoms with Crippen LogP contribution in [0, 0.1) is 0 Å². The monoisotopic (exact) mass is 471 g/mol. The van der Waals surface area contributed by atoms with Crippen molar-refractivity contribution in [1.82, 2.24) is 25.3 Å². The maximum absolute atomic E-state index is 13.4. The highest BCUT2D eigenvalue weighted by Crippen LogP contribution is 2.26. The Kier molecular flexibility index (Phi) is 7.58. The van der Waals surface area contributed by atoms with Crippen LogP contribution in [0.1, 0.15) is 80.8 Å². The second kappa shape index (κ2) is 10.6. The number of carbonyl (C=O) groups excluding carboxylic acids is 2. The molecule has 2 N–H and O–H groups in total. The highest BCUT2D eigenvalue weighted by Gasteiger charge is 2.29. The van der Waals surface area contributed by atoms with E-state index >= 15 is 0 Å². The molecule has 0 radical (unpaired) electrons. The van der Waals surface area contributed by atoms with E-state index in [1.54, 1.807) is 6.20 Å². The van der Waals surface area contributed by atoms with Gasteiger partial charge < -0.3 is 15.5 Å². The van der Waals surface area contributed by atoms with Gasteiger partial charge in [-0.15, -0.1) is 0 Å². The molecule has 178 valence electrons. The molecule has 3 amide bonds. The van der Waals surface area contributed by atoms with Crippen LogP contribution in [0.5, 0.6) is 0 Å². The molecule has 33 heavy (non-hydrogen) atoms. The van der Waals surface area contributed by atoms with Gasteiger partial charge in [0, 0.05) is 30.2 Å². The Morgan fingerprint density at radius 1 is 0.970 bits per heavy atom. The van der Waals surface area contributed by atoms with E-state index in [4.69, 9.17) is 11.6 Å². The van der Waals surface area contributed by atoms with Gasteiger partial charge in [-0.2, -0.15) is 5.10 Å². The van der Waals surface area contributed by atoms with Crippen molar-refractivity contribution in [1.29, 1.82) is 0 Å². The van der Waals surface area contributed by atoms with Gasteiger partial charge in [-0.3, -0.25) is 4.79 Å². The molecule has 1 aliphatic heterocycles. The number of hydrogen-bond donors (Lipinski definition) is 2. The molecular weight excluding hydrogens is 438 g/mol. The van der Waals surface area contributed by atoms with E-state index in [0.29, 0.717) is 29.7 Å². The molecule has 1 aromatic heterocycles. The third-order valence-corrected chi connectivity index (χ3v) is 6.96. The molecule has 0 atom stereocenters. The topological polar surface area (TPSA) is 79.3 Å². The van der Waals surface area contributed by atoms with Gasteiger partial charge in [-0.1, -0.05) is 44.7 Å². The van der Waals surface area contributed by atoms with Gasteiger partial charge in [0.1, 0.15) is 0 Å². The largest absolute Gasteiger partial charge is 0.338 e. The van der Waals surface area contributed by atoms with Crippen LogP contribution < -0.4 is 10.6 Å². The first-order chi connectivity index (χ1) is 15.9. The number of hydrogen-bond acceptors (Lipinski definition) is 3. The van der Waals surface area contributed by atoms with Gasteiger partial charge >= 0.3 is 6.03 Å². The van der Waals surface area contributed by atoms with Crippen molar-refractivity contribution in [3.05, 3.63) is 46.7 Å². The lowest BCUT2D eigenvalue weighted by Gasteiger charge is -2.33. The molecule has 0 spiro atoms. The smallest absolute Gasteiger partial charge is 0.315 e. The first-order valence-electron chi connectivity index (χ1n) is 12.1. The number of aromatic nitrogens is 2. The number of piperidine rings is 1. The van der Waals surface area contributed by atoms with Gasteiger partial charge in [0.2, 0.25) is 0 Å². The van der Waals surface area contributed by atoms with E-state index in [0.717, 1.165) is 37.1 Å². The molecule has 4 rings (SSSR count). The summed E-state index contributed by atoms with van der Waals surface area (Å²) < 4.78 is 1.83. The lowest BCUT2D eigenvalue weighted by molar-refractivity contribution is 0.0706. The first kappa shape index (κ1) is 23.6. The molecule has 0 bridgehead atoms. The molecule has 0 unspecified atom stereocenters. The van der Waals surface area contributed by atoms with Gasteiger partial charge in [0.25, 0.3) is 5.91 Å². The summed E-state index contributed by atoms with van der Waals surface area (Å²) in [4.78, 5) is 27.6. The fourth-order valence-electron chi connectivity index (χ4n) is 4.92. The summed E-state index contributed by atoms with van der Waals surface area (Å²) in [7, 11) is 0. The fourth-order valence-corrected chi connectivity index (χ4v) is 5.05. The van der Waals surface area contributed by atoms with Crippen molar-refractivity contribution in [2.45, 2.75) is 76.8 Å². The zero-order valence-electron chi connectivity index (χ0n) is 19.5. The van der Waals surface area contributed by atoms with Crippen molar-refractivity contribution in [3.8, 4) is 5.69 Å². The maximum atomic E-state index is 13.4. The van der Waals surface area contributed by atoms with Crippen molar-refractivity contribution in [3.63, 3.8) is 0 Å². The van der Waals surface area contributed by atoms with Crippen molar-refractivity contribution < 1.29 is 9.59 Å². The van der Waals surface area contributed by atoms with Crippen LogP contribution in [-0.4, -0.2) is 51.8 Å². The highest BCUT2D eigenvalue weighted by atomic mass is 35.5. The molecule has 1 saturated carbocycles. The predicted octanol–water partition coefficient (Wildman–Crippen LogP) is 4.89. The normalized spacial score (nSPS) is 17.9. The van der Waals surface area contributed by atoms with Crippen LogP contribution in [0.4, 0.5) is 4.79 Å². The minimum atomic E-state index is -0.0713. The van der Waals surface area contributed by atoms with E-state index in [1.807, 2.05) is 33.8 Å². The van der Waals surface area contributed by atoms with Gasteiger partial charge in [-0.25, -0.2) is 9.48 Å². The Bertz CT molecular complexity index is 958. The third kappa shape index (κ3) is 5.69. The molecule has 2 aliphatic rings. The fraction of sp³-hybridized carbons (Fsp3) is 0.560. The Labute approximate surface area is 200 Å². The summed E-state index contributed by atoms with van der Waals surface area (Å²) in [5.41, 5.74) is 2.42. The highest BCUT2D eigenvalue weighted by molar-refractivity contribution is 6.30. The quantitative estimate of drug-likeness (QED) is 0.651. The van der Waals surface area contributed by atoms with Crippen molar-refractivity contribution >= 4 is 23.5 Å². The maximum Gasteiger partial charge on any atom is 0.315 e. The van der Waals surface area contributed by atoms with Crippen LogP contribution in [0.15, 0.2) is 30.5 Å². The summed E-state index contributed by atoms with van der Waals surface area (Å²) in [6, 6.07) is 7.79. The molecule has 1 aromatic carbocycles. The molecule has 2 aromatic rings. The van der Waals surface area contributed by atoms with Gasteiger partial charge in [0.15, 0.2) is 0 Å². The number of halogens is 1. The molecule has 8 heteroatoms. The standard InChI is InChI=1S/C25H34ClN5O2/c1-17(2)23-22(16-27-31(23)21-10-8-18(26)9-11-21)24(32)30-14-12-20(13-15-30)29-25(33)28-19-6-4-3-5-7-19/h8-11,16-17,19-20H,3-7,12-15H2,1-2H3,(H2,28,29,33). The third-order valence-electron chi connectivity index (χ3n) is 6.71. The van der Waals surface area contributed by atoms with Crippen LogP contribution >= 0.6 is 11.6 Å². The van der Waals surface area contributed by atoms with Gasteiger partial charge in [-0.05, 0) is 55.9 Å². The molecule has 2 heterocycles. The summed E-state index contributed by atoms with van der Waals surface area (Å²) in [5, 5.41) is 11.4. The average Bonchev–Trinajstić information content (AvgIpc) is 3.26. The summed E-state index contributed by atoms with van der Waals surface area (Å²) >= 11 is 6.03. The average molecular weight is 472 g/mol. The number of carbonyl (C=O) groups is 2.